The molecule has 0 bridgehead atoms. The number of hydrogen-bond acceptors (Lipinski definition) is 5. The molecule has 2 aromatic heterocycles. The Hall–Kier alpha value is -1.46. The van der Waals surface area contributed by atoms with Crippen LogP contribution in [0.15, 0.2) is 29.8 Å². The number of anilines is 1. The molecule has 0 fully saturated rings. The standard InChI is InChI=1S/C12H16N4S/c1-13-6-4-11-14-7-5-12(16-11)15-9-10-3-2-8-17-10/h2-3,5,7-8,13H,4,6,9H2,1H3,(H,14,15,16). The number of rotatable bonds is 6. The fourth-order valence-corrected chi connectivity index (χ4v) is 2.09. The Morgan fingerprint density at radius 1 is 1.35 bits per heavy atom. The van der Waals surface area contributed by atoms with Crippen LogP contribution in [-0.4, -0.2) is 23.6 Å². The molecule has 2 N–H and O–H groups in total. The van der Waals surface area contributed by atoms with E-state index in [-0.39, 0.29) is 0 Å². The summed E-state index contributed by atoms with van der Waals surface area (Å²) in [6, 6.07) is 6.07. The van der Waals surface area contributed by atoms with Gasteiger partial charge in [-0.2, -0.15) is 0 Å². The molecule has 2 rings (SSSR count). The first-order chi connectivity index (χ1) is 8.38. The van der Waals surface area contributed by atoms with E-state index in [1.165, 1.54) is 4.88 Å². The van der Waals surface area contributed by atoms with Gasteiger partial charge in [-0.1, -0.05) is 6.07 Å². The zero-order valence-electron chi connectivity index (χ0n) is 9.81. The Balaban J connectivity index is 1.91. The van der Waals surface area contributed by atoms with Gasteiger partial charge < -0.3 is 10.6 Å². The minimum absolute atomic E-state index is 0.820. The molecule has 4 nitrogen and oxygen atoms in total. The monoisotopic (exact) mass is 248 g/mol. The molecular weight excluding hydrogens is 232 g/mol. The maximum atomic E-state index is 4.45. The van der Waals surface area contributed by atoms with Crippen LogP contribution in [0.4, 0.5) is 5.82 Å². The number of thiophene rings is 1. The highest BCUT2D eigenvalue weighted by Gasteiger charge is 1.99. The summed E-state index contributed by atoms with van der Waals surface area (Å²) in [6.07, 6.45) is 2.65. The molecule has 5 heteroatoms. The van der Waals surface area contributed by atoms with Gasteiger partial charge in [-0.05, 0) is 24.6 Å². The van der Waals surface area contributed by atoms with E-state index in [1.54, 1.807) is 17.5 Å². The van der Waals surface area contributed by atoms with Crippen molar-refractivity contribution in [3.05, 3.63) is 40.5 Å². The van der Waals surface area contributed by atoms with Crippen LogP contribution in [0.5, 0.6) is 0 Å². The summed E-state index contributed by atoms with van der Waals surface area (Å²) in [5.74, 6) is 1.76. The molecule has 0 aliphatic rings. The highest BCUT2D eigenvalue weighted by molar-refractivity contribution is 7.09. The smallest absolute Gasteiger partial charge is 0.131 e. The SMILES string of the molecule is CNCCc1nccc(NCc2cccs2)n1. The average molecular weight is 248 g/mol. The molecule has 0 radical (unpaired) electrons. The van der Waals surface area contributed by atoms with Crippen LogP contribution in [0.2, 0.25) is 0 Å². The Kier molecular flexibility index (Phi) is 4.46. The Morgan fingerprint density at radius 2 is 2.29 bits per heavy atom. The van der Waals surface area contributed by atoms with Crippen molar-refractivity contribution in [3.8, 4) is 0 Å². The lowest BCUT2D eigenvalue weighted by Crippen LogP contribution is -2.12. The van der Waals surface area contributed by atoms with Crippen molar-refractivity contribution in [1.29, 1.82) is 0 Å². The van der Waals surface area contributed by atoms with Crippen molar-refractivity contribution in [2.24, 2.45) is 0 Å². The minimum atomic E-state index is 0.820. The van der Waals surface area contributed by atoms with Crippen molar-refractivity contribution in [2.45, 2.75) is 13.0 Å². The zero-order chi connectivity index (χ0) is 11.9. The summed E-state index contributed by atoms with van der Waals surface area (Å²) >= 11 is 1.74. The molecule has 90 valence electrons. The number of hydrogen-bond donors (Lipinski definition) is 2. The molecule has 0 saturated carbocycles. The van der Waals surface area contributed by atoms with Crippen LogP contribution in [0.1, 0.15) is 10.7 Å². The van der Waals surface area contributed by atoms with E-state index in [9.17, 15) is 0 Å². The first-order valence-electron chi connectivity index (χ1n) is 5.61. The summed E-state index contributed by atoms with van der Waals surface area (Å²) in [5, 5.41) is 8.47. The van der Waals surface area contributed by atoms with Crippen LogP contribution in [0, 0.1) is 0 Å². The summed E-state index contributed by atoms with van der Waals surface area (Å²) in [7, 11) is 1.93. The van der Waals surface area contributed by atoms with Gasteiger partial charge in [-0.25, -0.2) is 9.97 Å². The van der Waals surface area contributed by atoms with Crippen molar-refractivity contribution < 1.29 is 0 Å². The highest BCUT2D eigenvalue weighted by atomic mass is 32.1. The van der Waals surface area contributed by atoms with E-state index in [0.717, 1.165) is 31.2 Å². The third-order valence-corrected chi connectivity index (χ3v) is 3.20. The summed E-state index contributed by atoms with van der Waals surface area (Å²) < 4.78 is 0. The molecule has 0 atom stereocenters. The zero-order valence-corrected chi connectivity index (χ0v) is 10.6. The molecule has 0 unspecified atom stereocenters. The molecule has 0 aliphatic heterocycles. The molecule has 0 saturated heterocycles. The molecule has 2 heterocycles. The molecule has 0 spiro atoms. The van der Waals surface area contributed by atoms with Gasteiger partial charge in [-0.3, -0.25) is 0 Å². The number of nitrogens with one attached hydrogen (secondary N) is 2. The number of aromatic nitrogens is 2. The van der Waals surface area contributed by atoms with E-state index in [0.29, 0.717) is 0 Å². The maximum absolute atomic E-state index is 4.45. The van der Waals surface area contributed by atoms with E-state index < -0.39 is 0 Å². The highest BCUT2D eigenvalue weighted by Crippen LogP contribution is 2.11. The molecule has 0 aliphatic carbocycles. The van der Waals surface area contributed by atoms with Gasteiger partial charge in [0.15, 0.2) is 0 Å². The van der Waals surface area contributed by atoms with E-state index in [1.807, 2.05) is 13.1 Å². The summed E-state index contributed by atoms with van der Waals surface area (Å²) in [6.45, 7) is 1.72. The van der Waals surface area contributed by atoms with Gasteiger partial charge in [-0.15, -0.1) is 11.3 Å². The topological polar surface area (TPSA) is 49.8 Å². The van der Waals surface area contributed by atoms with Crippen molar-refractivity contribution in [2.75, 3.05) is 18.9 Å². The quantitative estimate of drug-likeness (QED) is 0.820. The van der Waals surface area contributed by atoms with Gasteiger partial charge in [0.05, 0.1) is 6.54 Å². The van der Waals surface area contributed by atoms with Crippen LogP contribution in [0.3, 0.4) is 0 Å². The number of nitrogens with zero attached hydrogens (tertiary/aromatic N) is 2. The summed E-state index contributed by atoms with van der Waals surface area (Å²) in [4.78, 5) is 9.99. The lowest BCUT2D eigenvalue weighted by Gasteiger charge is -2.05. The van der Waals surface area contributed by atoms with Gasteiger partial charge in [0.25, 0.3) is 0 Å². The summed E-state index contributed by atoms with van der Waals surface area (Å²) in [5.41, 5.74) is 0. The molecule has 0 aromatic carbocycles. The Morgan fingerprint density at radius 3 is 3.06 bits per heavy atom. The largest absolute Gasteiger partial charge is 0.365 e. The molecule has 2 aromatic rings. The van der Waals surface area contributed by atoms with Gasteiger partial charge in [0.1, 0.15) is 11.6 Å². The van der Waals surface area contributed by atoms with Crippen molar-refractivity contribution in [1.82, 2.24) is 15.3 Å². The molecule has 0 amide bonds. The Labute approximate surface area is 105 Å². The normalized spacial score (nSPS) is 10.4. The lowest BCUT2D eigenvalue weighted by molar-refractivity contribution is 0.755. The van der Waals surface area contributed by atoms with Crippen LogP contribution >= 0.6 is 11.3 Å². The maximum Gasteiger partial charge on any atom is 0.131 e. The number of likely N-dealkylation sites (N-methyl/N-ethyl adjacent to an activating group) is 1. The first kappa shape index (κ1) is 12.0. The lowest BCUT2D eigenvalue weighted by atomic mass is 10.4. The van der Waals surface area contributed by atoms with Gasteiger partial charge in [0, 0.05) is 24.0 Å². The van der Waals surface area contributed by atoms with Crippen LogP contribution < -0.4 is 10.6 Å². The first-order valence-corrected chi connectivity index (χ1v) is 6.49. The third-order valence-electron chi connectivity index (χ3n) is 2.33. The molecular formula is C12H16N4S. The minimum Gasteiger partial charge on any atom is -0.365 e. The average Bonchev–Trinajstić information content (AvgIpc) is 2.87. The van der Waals surface area contributed by atoms with Gasteiger partial charge >= 0.3 is 0 Å². The van der Waals surface area contributed by atoms with E-state index in [2.05, 4.69) is 38.1 Å². The third kappa shape index (κ3) is 3.80. The van der Waals surface area contributed by atoms with E-state index in [4.69, 9.17) is 0 Å². The second-order valence-electron chi connectivity index (χ2n) is 3.64. The second-order valence-corrected chi connectivity index (χ2v) is 4.68. The Bertz CT molecular complexity index is 442. The fourth-order valence-electron chi connectivity index (χ4n) is 1.45. The molecule has 17 heavy (non-hydrogen) atoms. The fraction of sp³-hybridized carbons (Fsp3) is 0.333. The second kappa shape index (κ2) is 6.32. The van der Waals surface area contributed by atoms with Gasteiger partial charge in [0.2, 0.25) is 0 Å². The van der Waals surface area contributed by atoms with Crippen LogP contribution in [-0.2, 0) is 13.0 Å². The van der Waals surface area contributed by atoms with Crippen molar-refractivity contribution >= 4 is 17.2 Å². The predicted octanol–water partition coefficient (Wildman–Crippen LogP) is 1.91. The predicted molar refractivity (Wildman–Crippen MR) is 71.3 cm³/mol. The van der Waals surface area contributed by atoms with Crippen molar-refractivity contribution in [3.63, 3.8) is 0 Å². The van der Waals surface area contributed by atoms with E-state index >= 15 is 0 Å². The van der Waals surface area contributed by atoms with Crippen LogP contribution in [0.25, 0.3) is 0 Å².